The Morgan fingerprint density at radius 3 is 2.24 bits per heavy atom. The first-order chi connectivity index (χ1) is 8.08. The monoisotopic (exact) mass is 233 g/mol. The van der Waals surface area contributed by atoms with Crippen molar-refractivity contribution in [3.8, 4) is 0 Å². The highest BCUT2D eigenvalue weighted by Gasteiger charge is 2.03. The van der Waals surface area contributed by atoms with Gasteiger partial charge in [-0.2, -0.15) is 0 Å². The maximum atomic E-state index is 3.53. The van der Waals surface area contributed by atoms with Gasteiger partial charge >= 0.3 is 0 Å². The fraction of sp³-hybridized carbons (Fsp3) is 0.625. The molecule has 0 saturated carbocycles. The Balaban J connectivity index is 2.19. The Bertz CT molecular complexity index is 300. The van der Waals surface area contributed by atoms with Gasteiger partial charge in [-0.05, 0) is 50.3 Å². The van der Waals surface area contributed by atoms with E-state index in [1.807, 2.05) is 0 Å². The molecule has 1 unspecified atom stereocenters. The van der Waals surface area contributed by atoms with Gasteiger partial charge in [0, 0.05) is 0 Å². The Morgan fingerprint density at radius 1 is 1.00 bits per heavy atom. The standard InChI is InChI=1S/C16H27N/c1-13(2)11-17-12-15(4)7-10-16-8-5-14(3)6-9-16/h5-6,8-9,13,15,17H,7,10-12H2,1-4H3. The van der Waals surface area contributed by atoms with Crippen LogP contribution in [0, 0.1) is 18.8 Å². The molecule has 1 heteroatoms. The van der Waals surface area contributed by atoms with Gasteiger partial charge in [0.25, 0.3) is 0 Å². The van der Waals surface area contributed by atoms with Crippen molar-refractivity contribution in [3.63, 3.8) is 0 Å². The van der Waals surface area contributed by atoms with E-state index in [1.165, 1.54) is 24.0 Å². The van der Waals surface area contributed by atoms with Crippen LogP contribution in [0.1, 0.15) is 38.3 Å². The minimum Gasteiger partial charge on any atom is -0.316 e. The van der Waals surface area contributed by atoms with Crippen LogP contribution in [0.15, 0.2) is 24.3 Å². The molecule has 0 radical (unpaired) electrons. The average molecular weight is 233 g/mol. The molecule has 0 aliphatic rings. The molecule has 1 N–H and O–H groups in total. The maximum absolute atomic E-state index is 3.53. The zero-order valence-electron chi connectivity index (χ0n) is 11.8. The molecule has 1 aromatic carbocycles. The summed E-state index contributed by atoms with van der Waals surface area (Å²) < 4.78 is 0. The third-order valence-corrected chi connectivity index (χ3v) is 3.09. The summed E-state index contributed by atoms with van der Waals surface area (Å²) in [6, 6.07) is 8.92. The fourth-order valence-electron chi connectivity index (χ4n) is 1.89. The van der Waals surface area contributed by atoms with Crippen molar-refractivity contribution >= 4 is 0 Å². The number of aryl methyl sites for hydroxylation is 2. The van der Waals surface area contributed by atoms with Gasteiger partial charge < -0.3 is 5.32 Å². The highest BCUT2D eigenvalue weighted by Crippen LogP contribution is 2.10. The Morgan fingerprint density at radius 2 is 1.65 bits per heavy atom. The second kappa shape index (κ2) is 7.50. The lowest BCUT2D eigenvalue weighted by Crippen LogP contribution is -2.25. The van der Waals surface area contributed by atoms with E-state index < -0.39 is 0 Å². The molecular formula is C16H27N. The van der Waals surface area contributed by atoms with Crippen LogP contribution in [0.3, 0.4) is 0 Å². The van der Waals surface area contributed by atoms with E-state index >= 15 is 0 Å². The molecule has 0 aromatic heterocycles. The van der Waals surface area contributed by atoms with Crippen molar-refractivity contribution in [1.29, 1.82) is 0 Å². The van der Waals surface area contributed by atoms with Crippen LogP contribution >= 0.6 is 0 Å². The molecule has 1 rings (SSSR count). The fourth-order valence-corrected chi connectivity index (χ4v) is 1.89. The van der Waals surface area contributed by atoms with Crippen LogP contribution in [0.4, 0.5) is 0 Å². The first-order valence-corrected chi connectivity index (χ1v) is 6.84. The SMILES string of the molecule is Cc1ccc(CCC(C)CNCC(C)C)cc1. The lowest BCUT2D eigenvalue weighted by atomic mass is 10.0. The maximum Gasteiger partial charge on any atom is -0.00229 e. The second-order valence-electron chi connectivity index (χ2n) is 5.68. The highest BCUT2D eigenvalue weighted by molar-refractivity contribution is 5.21. The minimum atomic E-state index is 0.749. The van der Waals surface area contributed by atoms with Crippen LogP contribution in [0.5, 0.6) is 0 Å². The molecule has 17 heavy (non-hydrogen) atoms. The predicted molar refractivity (Wildman–Crippen MR) is 76.4 cm³/mol. The van der Waals surface area contributed by atoms with Crippen molar-refractivity contribution in [2.75, 3.05) is 13.1 Å². The van der Waals surface area contributed by atoms with E-state index in [1.54, 1.807) is 0 Å². The lowest BCUT2D eigenvalue weighted by Gasteiger charge is -2.14. The normalized spacial score (nSPS) is 13.0. The Kier molecular flexibility index (Phi) is 6.28. The van der Waals surface area contributed by atoms with Crippen LogP contribution in [0.2, 0.25) is 0 Å². The van der Waals surface area contributed by atoms with Crippen LogP contribution in [-0.2, 0) is 6.42 Å². The van der Waals surface area contributed by atoms with Crippen LogP contribution in [0.25, 0.3) is 0 Å². The quantitative estimate of drug-likeness (QED) is 0.755. The summed E-state index contributed by atoms with van der Waals surface area (Å²) in [6.07, 6.45) is 2.47. The lowest BCUT2D eigenvalue weighted by molar-refractivity contribution is 0.454. The molecular weight excluding hydrogens is 206 g/mol. The summed E-state index contributed by atoms with van der Waals surface area (Å²) in [5.74, 6) is 1.51. The summed E-state index contributed by atoms with van der Waals surface area (Å²) in [5.41, 5.74) is 2.81. The Labute approximate surface area is 107 Å². The van der Waals surface area contributed by atoms with E-state index in [0.717, 1.165) is 24.9 Å². The minimum absolute atomic E-state index is 0.749. The van der Waals surface area contributed by atoms with E-state index in [4.69, 9.17) is 0 Å². The summed E-state index contributed by atoms with van der Waals surface area (Å²) in [7, 11) is 0. The zero-order chi connectivity index (χ0) is 12.7. The molecule has 0 aliphatic heterocycles. The highest BCUT2D eigenvalue weighted by atomic mass is 14.9. The third-order valence-electron chi connectivity index (χ3n) is 3.09. The number of rotatable bonds is 7. The number of benzene rings is 1. The molecule has 0 amide bonds. The summed E-state index contributed by atoms with van der Waals surface area (Å²) in [4.78, 5) is 0. The topological polar surface area (TPSA) is 12.0 Å². The zero-order valence-corrected chi connectivity index (χ0v) is 11.8. The van der Waals surface area contributed by atoms with Gasteiger partial charge in [-0.25, -0.2) is 0 Å². The van der Waals surface area contributed by atoms with Crippen molar-refractivity contribution in [2.24, 2.45) is 11.8 Å². The van der Waals surface area contributed by atoms with Crippen LogP contribution < -0.4 is 5.32 Å². The van der Waals surface area contributed by atoms with E-state index in [9.17, 15) is 0 Å². The molecule has 0 saturated heterocycles. The number of hydrogen-bond acceptors (Lipinski definition) is 1. The largest absolute Gasteiger partial charge is 0.316 e. The summed E-state index contributed by atoms with van der Waals surface area (Å²) in [6.45, 7) is 11.3. The van der Waals surface area contributed by atoms with Gasteiger partial charge in [-0.15, -0.1) is 0 Å². The summed E-state index contributed by atoms with van der Waals surface area (Å²) in [5, 5.41) is 3.53. The third kappa shape index (κ3) is 6.48. The molecule has 1 atom stereocenters. The summed E-state index contributed by atoms with van der Waals surface area (Å²) >= 11 is 0. The van der Waals surface area contributed by atoms with Crippen molar-refractivity contribution < 1.29 is 0 Å². The van der Waals surface area contributed by atoms with Crippen molar-refractivity contribution in [3.05, 3.63) is 35.4 Å². The molecule has 1 nitrogen and oxygen atoms in total. The predicted octanol–water partition coefficient (Wildman–Crippen LogP) is 3.81. The second-order valence-corrected chi connectivity index (χ2v) is 5.68. The van der Waals surface area contributed by atoms with Crippen LogP contribution in [-0.4, -0.2) is 13.1 Å². The van der Waals surface area contributed by atoms with Gasteiger partial charge in [-0.1, -0.05) is 50.6 Å². The molecule has 0 aliphatic carbocycles. The van der Waals surface area contributed by atoms with Gasteiger partial charge in [0.2, 0.25) is 0 Å². The van der Waals surface area contributed by atoms with Gasteiger partial charge in [0.15, 0.2) is 0 Å². The van der Waals surface area contributed by atoms with E-state index in [2.05, 4.69) is 57.3 Å². The smallest absolute Gasteiger partial charge is 0.00229 e. The molecule has 96 valence electrons. The number of hydrogen-bond donors (Lipinski definition) is 1. The number of nitrogens with one attached hydrogen (secondary N) is 1. The first-order valence-electron chi connectivity index (χ1n) is 6.84. The molecule has 0 heterocycles. The van der Waals surface area contributed by atoms with Crippen molar-refractivity contribution in [2.45, 2.75) is 40.5 Å². The van der Waals surface area contributed by atoms with Gasteiger partial charge in [0.05, 0.1) is 0 Å². The van der Waals surface area contributed by atoms with E-state index in [-0.39, 0.29) is 0 Å². The Hall–Kier alpha value is -0.820. The van der Waals surface area contributed by atoms with Gasteiger partial charge in [-0.3, -0.25) is 0 Å². The molecule has 0 bridgehead atoms. The molecule has 1 aromatic rings. The first kappa shape index (κ1) is 14.2. The van der Waals surface area contributed by atoms with Crippen molar-refractivity contribution in [1.82, 2.24) is 5.32 Å². The molecule has 0 fully saturated rings. The molecule has 0 spiro atoms. The van der Waals surface area contributed by atoms with Gasteiger partial charge in [0.1, 0.15) is 0 Å². The average Bonchev–Trinajstić information content (AvgIpc) is 2.28. The van der Waals surface area contributed by atoms with E-state index in [0.29, 0.717) is 0 Å².